The fraction of sp³-hybridized carbons (Fsp3) is 0.389. The molecule has 1 N–H and O–H groups in total. The Morgan fingerprint density at radius 3 is 2.48 bits per heavy atom. The highest BCUT2D eigenvalue weighted by Gasteiger charge is 2.22. The normalized spacial score (nSPS) is 11.4. The van der Waals surface area contributed by atoms with Crippen LogP contribution in [0.5, 0.6) is 11.5 Å². The van der Waals surface area contributed by atoms with Gasteiger partial charge in [-0.1, -0.05) is 6.07 Å². The van der Waals surface area contributed by atoms with Gasteiger partial charge in [-0.25, -0.2) is 8.42 Å². The van der Waals surface area contributed by atoms with E-state index < -0.39 is 10.0 Å². The average Bonchev–Trinajstić information content (AvgIpc) is 3.13. The molecule has 0 aliphatic heterocycles. The van der Waals surface area contributed by atoms with Crippen LogP contribution in [0, 0.1) is 0 Å². The summed E-state index contributed by atoms with van der Waals surface area (Å²) in [4.78, 5) is 11.8. The fourth-order valence-corrected chi connectivity index (χ4v) is 5.08. The molecule has 0 radical (unpaired) electrons. The van der Waals surface area contributed by atoms with Gasteiger partial charge in [-0.2, -0.15) is 4.31 Å². The molecular formula is C18H24N2O5S2. The van der Waals surface area contributed by atoms with Crippen molar-refractivity contribution in [3.05, 3.63) is 40.8 Å². The molecule has 0 aliphatic rings. The number of amides is 1. The van der Waals surface area contributed by atoms with Crippen molar-refractivity contribution in [2.24, 2.45) is 0 Å². The zero-order chi connectivity index (χ0) is 20.0. The molecule has 0 fully saturated rings. The molecule has 0 unspecified atom stereocenters. The molecule has 7 nitrogen and oxygen atoms in total. The molecule has 1 heterocycles. The summed E-state index contributed by atoms with van der Waals surface area (Å²) in [5, 5.41) is 2.66. The number of hydrogen-bond donors (Lipinski definition) is 1. The molecule has 1 amide bonds. The van der Waals surface area contributed by atoms with Crippen LogP contribution in [0.15, 0.2) is 34.5 Å². The lowest BCUT2D eigenvalue weighted by Crippen LogP contribution is -2.28. The first kappa shape index (κ1) is 21.2. The highest BCUT2D eigenvalue weighted by molar-refractivity contribution is 7.91. The summed E-state index contributed by atoms with van der Waals surface area (Å²) in [7, 11) is 1.12. The fourth-order valence-electron chi connectivity index (χ4n) is 2.40. The van der Waals surface area contributed by atoms with Gasteiger partial charge < -0.3 is 14.8 Å². The number of likely N-dealkylation sites (N-methyl/N-ethyl adjacent to an activating group) is 1. The second kappa shape index (κ2) is 9.20. The molecule has 0 bridgehead atoms. The number of methoxy groups -OCH3 is 2. The van der Waals surface area contributed by atoms with E-state index in [9.17, 15) is 13.2 Å². The Hall–Kier alpha value is -2.10. The van der Waals surface area contributed by atoms with E-state index in [1.807, 2.05) is 12.1 Å². The van der Waals surface area contributed by atoms with Crippen LogP contribution >= 0.6 is 11.3 Å². The number of nitrogens with zero attached hydrogens (tertiary/aromatic N) is 1. The molecule has 0 atom stereocenters. The smallest absolute Gasteiger partial charge is 0.252 e. The molecule has 2 rings (SSSR count). The highest BCUT2D eigenvalue weighted by atomic mass is 32.2. The molecule has 0 saturated heterocycles. The third kappa shape index (κ3) is 5.44. The summed E-state index contributed by atoms with van der Waals surface area (Å²) >= 11 is 1.16. The van der Waals surface area contributed by atoms with E-state index in [2.05, 4.69) is 5.32 Å². The predicted molar refractivity (Wildman–Crippen MR) is 105 cm³/mol. The average molecular weight is 413 g/mol. The predicted octanol–water partition coefficient (Wildman–Crippen LogP) is 2.26. The number of sulfonamides is 1. The van der Waals surface area contributed by atoms with Gasteiger partial charge in [-0.05, 0) is 36.2 Å². The van der Waals surface area contributed by atoms with Crippen molar-refractivity contribution in [2.45, 2.75) is 24.1 Å². The Labute approximate surface area is 164 Å². The van der Waals surface area contributed by atoms with Crippen molar-refractivity contribution < 1.29 is 22.7 Å². The number of carbonyl (C=O) groups excluding carboxylic acids is 1. The third-order valence-electron chi connectivity index (χ3n) is 3.98. The highest BCUT2D eigenvalue weighted by Crippen LogP contribution is 2.28. The van der Waals surface area contributed by atoms with Gasteiger partial charge in [0.05, 0.1) is 20.8 Å². The number of nitrogens with one attached hydrogen (secondary N) is 1. The number of rotatable bonds is 9. The summed E-state index contributed by atoms with van der Waals surface area (Å²) in [5.74, 6) is 1.09. The first-order chi connectivity index (χ1) is 12.8. The van der Waals surface area contributed by atoms with E-state index in [-0.39, 0.29) is 10.1 Å². The van der Waals surface area contributed by atoms with Crippen LogP contribution in [0.1, 0.15) is 17.4 Å². The molecule has 0 spiro atoms. The summed E-state index contributed by atoms with van der Waals surface area (Å²) in [6.07, 6.45) is 0.542. The van der Waals surface area contributed by atoms with E-state index in [4.69, 9.17) is 9.47 Å². The van der Waals surface area contributed by atoms with Gasteiger partial charge in [0.1, 0.15) is 4.21 Å². The van der Waals surface area contributed by atoms with Crippen LogP contribution in [0.3, 0.4) is 0 Å². The van der Waals surface area contributed by atoms with Gasteiger partial charge in [-0.15, -0.1) is 11.3 Å². The molecule has 148 valence electrons. The van der Waals surface area contributed by atoms with Crippen molar-refractivity contribution in [1.29, 1.82) is 0 Å². The van der Waals surface area contributed by atoms with Gasteiger partial charge in [0.15, 0.2) is 11.5 Å². The number of ether oxygens (including phenoxy) is 2. The maximum Gasteiger partial charge on any atom is 0.252 e. The zero-order valence-electron chi connectivity index (χ0n) is 15.8. The van der Waals surface area contributed by atoms with Crippen molar-refractivity contribution in [1.82, 2.24) is 9.62 Å². The lowest BCUT2D eigenvalue weighted by Gasteiger charge is -2.16. The molecular weight excluding hydrogens is 388 g/mol. The van der Waals surface area contributed by atoms with Gasteiger partial charge >= 0.3 is 0 Å². The molecule has 9 heteroatoms. The largest absolute Gasteiger partial charge is 0.493 e. The molecule has 1 aromatic heterocycles. The van der Waals surface area contributed by atoms with Crippen molar-refractivity contribution >= 4 is 27.3 Å². The van der Waals surface area contributed by atoms with Crippen LogP contribution in [0.2, 0.25) is 0 Å². The number of benzene rings is 1. The van der Waals surface area contributed by atoms with Gasteiger partial charge in [0.2, 0.25) is 5.91 Å². The van der Waals surface area contributed by atoms with E-state index in [1.54, 1.807) is 39.5 Å². The van der Waals surface area contributed by atoms with Crippen LogP contribution in [0.4, 0.5) is 0 Å². The summed E-state index contributed by atoms with van der Waals surface area (Å²) in [6, 6.07) is 8.82. The van der Waals surface area contributed by atoms with Gasteiger partial charge in [-0.3, -0.25) is 4.79 Å². The minimum atomic E-state index is -3.57. The Bertz CT molecular complexity index is 893. The first-order valence-electron chi connectivity index (χ1n) is 8.28. The summed E-state index contributed by atoms with van der Waals surface area (Å²) in [5.41, 5.74) is 0.951. The van der Waals surface area contributed by atoms with E-state index in [0.717, 1.165) is 21.8 Å². The lowest BCUT2D eigenvalue weighted by atomic mass is 10.1. The van der Waals surface area contributed by atoms with Crippen molar-refractivity contribution in [3.8, 4) is 11.5 Å². The Morgan fingerprint density at radius 1 is 1.15 bits per heavy atom. The molecule has 27 heavy (non-hydrogen) atoms. The van der Waals surface area contributed by atoms with Crippen LogP contribution in [0.25, 0.3) is 0 Å². The quantitative estimate of drug-likeness (QED) is 0.683. The maximum absolute atomic E-state index is 12.7. The maximum atomic E-state index is 12.7. The van der Waals surface area contributed by atoms with Gasteiger partial charge in [0.25, 0.3) is 10.0 Å². The third-order valence-corrected chi connectivity index (χ3v) is 7.39. The molecule has 0 saturated carbocycles. The second-order valence-corrected chi connectivity index (χ2v) is 9.34. The Balaban J connectivity index is 2.04. The van der Waals surface area contributed by atoms with Gasteiger partial charge in [0, 0.05) is 25.4 Å². The molecule has 1 aromatic carbocycles. The van der Waals surface area contributed by atoms with Crippen LogP contribution in [-0.2, 0) is 27.8 Å². The Kier molecular flexibility index (Phi) is 7.23. The minimum Gasteiger partial charge on any atom is -0.493 e. The number of thiophene rings is 1. The SMILES string of the molecule is COc1ccc(CCN(C)S(=O)(=O)c2ccc(CNC(C)=O)s2)cc1OC. The zero-order valence-corrected chi connectivity index (χ0v) is 17.4. The lowest BCUT2D eigenvalue weighted by molar-refractivity contribution is -0.119. The molecule has 2 aromatic rings. The van der Waals surface area contributed by atoms with Crippen molar-refractivity contribution in [3.63, 3.8) is 0 Å². The Morgan fingerprint density at radius 2 is 1.85 bits per heavy atom. The molecule has 0 aliphatic carbocycles. The van der Waals surface area contributed by atoms with E-state index >= 15 is 0 Å². The second-order valence-electron chi connectivity index (χ2n) is 5.90. The van der Waals surface area contributed by atoms with Crippen LogP contribution < -0.4 is 14.8 Å². The van der Waals surface area contributed by atoms with Crippen LogP contribution in [-0.4, -0.2) is 46.4 Å². The summed E-state index contributed by atoms with van der Waals surface area (Å²) < 4.78 is 37.5. The topological polar surface area (TPSA) is 84.9 Å². The number of carbonyl (C=O) groups is 1. The standard InChI is InChI=1S/C18H24N2O5S2/c1-13(21)19-12-15-6-8-18(26-15)27(22,23)20(2)10-9-14-5-7-16(24-3)17(11-14)25-4/h5-8,11H,9-10,12H2,1-4H3,(H,19,21). The summed E-state index contributed by atoms with van der Waals surface area (Å²) in [6.45, 7) is 2.08. The van der Waals surface area contributed by atoms with Crippen molar-refractivity contribution in [2.75, 3.05) is 27.8 Å². The number of hydrogen-bond acceptors (Lipinski definition) is 6. The minimum absolute atomic E-state index is 0.153. The first-order valence-corrected chi connectivity index (χ1v) is 10.5. The van der Waals surface area contributed by atoms with E-state index in [0.29, 0.717) is 31.0 Å². The van der Waals surface area contributed by atoms with E-state index in [1.165, 1.54) is 11.2 Å². The monoisotopic (exact) mass is 412 g/mol.